The molecule has 5 nitrogen and oxygen atoms in total. The molecule has 2 heterocycles. The predicted molar refractivity (Wildman–Crippen MR) is 91.6 cm³/mol. The van der Waals surface area contributed by atoms with Crippen molar-refractivity contribution in [2.45, 2.75) is 18.8 Å². The molecule has 1 amide bonds. The maximum Gasteiger partial charge on any atom is 0.348 e. The molecule has 2 aromatic rings. The van der Waals surface area contributed by atoms with Crippen LogP contribution in [0.15, 0.2) is 36.4 Å². The van der Waals surface area contributed by atoms with Crippen LogP contribution in [0.3, 0.4) is 0 Å². The van der Waals surface area contributed by atoms with Crippen LogP contribution in [0.1, 0.15) is 43.7 Å². The number of carbonyl (C=O) groups excluding carboxylic acids is 2. The van der Waals surface area contributed by atoms with Crippen molar-refractivity contribution in [2.75, 3.05) is 20.2 Å². The zero-order chi connectivity index (χ0) is 17.1. The molecule has 1 aromatic carbocycles. The van der Waals surface area contributed by atoms with Gasteiger partial charge < -0.3 is 14.7 Å². The lowest BCUT2D eigenvalue weighted by Gasteiger charge is -2.32. The lowest BCUT2D eigenvalue weighted by atomic mass is 9.89. The van der Waals surface area contributed by atoms with Crippen LogP contribution in [0.2, 0.25) is 0 Å². The number of esters is 1. The van der Waals surface area contributed by atoms with Gasteiger partial charge in [-0.2, -0.15) is 0 Å². The molecule has 0 atom stereocenters. The van der Waals surface area contributed by atoms with E-state index in [4.69, 9.17) is 0 Å². The lowest BCUT2D eigenvalue weighted by molar-refractivity contribution is 0.0606. The maximum atomic E-state index is 12.6. The summed E-state index contributed by atoms with van der Waals surface area (Å²) >= 11 is 1.17. The molecule has 6 heteroatoms. The van der Waals surface area contributed by atoms with Gasteiger partial charge in [0.2, 0.25) is 0 Å². The SMILES string of the molecule is COC(=O)c1ccc(C(=O)N2CCC(c3ccc(O)cc3)CC2)s1. The number of phenolic OH excluding ortho intramolecular Hbond substituents is 1. The Morgan fingerprint density at radius 2 is 1.71 bits per heavy atom. The fourth-order valence-corrected chi connectivity index (χ4v) is 3.87. The topological polar surface area (TPSA) is 66.8 Å². The number of aromatic hydroxyl groups is 1. The second-order valence-corrected chi connectivity index (χ2v) is 6.90. The zero-order valence-corrected chi connectivity index (χ0v) is 14.2. The molecule has 1 aromatic heterocycles. The molecule has 1 aliphatic heterocycles. The first-order valence-electron chi connectivity index (χ1n) is 7.85. The van der Waals surface area contributed by atoms with Gasteiger partial charge in [0, 0.05) is 13.1 Å². The molecule has 1 N–H and O–H groups in total. The Morgan fingerprint density at radius 3 is 2.33 bits per heavy atom. The second kappa shape index (κ2) is 7.05. The van der Waals surface area contributed by atoms with Gasteiger partial charge in [0.05, 0.1) is 12.0 Å². The van der Waals surface area contributed by atoms with Crippen LogP contribution in [0.4, 0.5) is 0 Å². The van der Waals surface area contributed by atoms with Crippen molar-refractivity contribution in [1.82, 2.24) is 4.90 Å². The Balaban J connectivity index is 1.61. The molecule has 1 aliphatic rings. The van der Waals surface area contributed by atoms with Crippen LogP contribution in [0, 0.1) is 0 Å². The van der Waals surface area contributed by atoms with E-state index in [0.717, 1.165) is 12.8 Å². The van der Waals surface area contributed by atoms with Crippen LogP contribution in [0.5, 0.6) is 5.75 Å². The van der Waals surface area contributed by atoms with Crippen LogP contribution in [-0.4, -0.2) is 42.1 Å². The van der Waals surface area contributed by atoms with Gasteiger partial charge in [-0.3, -0.25) is 4.79 Å². The van der Waals surface area contributed by atoms with Gasteiger partial charge in [-0.05, 0) is 48.6 Å². The minimum absolute atomic E-state index is 0.0284. The average Bonchev–Trinajstić information content (AvgIpc) is 3.11. The average molecular weight is 345 g/mol. The van der Waals surface area contributed by atoms with Crippen molar-refractivity contribution in [2.24, 2.45) is 0 Å². The van der Waals surface area contributed by atoms with E-state index in [-0.39, 0.29) is 11.7 Å². The van der Waals surface area contributed by atoms with E-state index in [1.54, 1.807) is 24.3 Å². The molecule has 0 aliphatic carbocycles. The van der Waals surface area contributed by atoms with Gasteiger partial charge in [0.15, 0.2) is 0 Å². The predicted octanol–water partition coefficient (Wildman–Crippen LogP) is 3.26. The summed E-state index contributed by atoms with van der Waals surface area (Å²) in [6.07, 6.45) is 1.79. The third-order valence-corrected chi connectivity index (χ3v) is 5.40. The molecule has 126 valence electrons. The number of rotatable bonds is 3. The van der Waals surface area contributed by atoms with Gasteiger partial charge >= 0.3 is 5.97 Å². The highest BCUT2D eigenvalue weighted by molar-refractivity contribution is 7.15. The number of hydrogen-bond donors (Lipinski definition) is 1. The summed E-state index contributed by atoms with van der Waals surface area (Å²) < 4.78 is 4.68. The highest BCUT2D eigenvalue weighted by atomic mass is 32.1. The van der Waals surface area contributed by atoms with E-state index in [2.05, 4.69) is 4.74 Å². The lowest BCUT2D eigenvalue weighted by Crippen LogP contribution is -2.37. The first-order chi connectivity index (χ1) is 11.6. The summed E-state index contributed by atoms with van der Waals surface area (Å²) in [5.74, 6) is 0.235. The second-order valence-electron chi connectivity index (χ2n) is 5.81. The van der Waals surface area contributed by atoms with Crippen molar-refractivity contribution >= 4 is 23.2 Å². The van der Waals surface area contributed by atoms with Gasteiger partial charge in [-0.1, -0.05) is 12.1 Å². The van der Waals surface area contributed by atoms with Crippen molar-refractivity contribution in [3.05, 3.63) is 51.7 Å². The van der Waals surface area contributed by atoms with Gasteiger partial charge in [-0.25, -0.2) is 4.79 Å². The number of nitrogens with zero attached hydrogens (tertiary/aromatic N) is 1. The van der Waals surface area contributed by atoms with E-state index in [9.17, 15) is 14.7 Å². The summed E-state index contributed by atoms with van der Waals surface area (Å²) in [5.41, 5.74) is 1.20. The van der Waals surface area contributed by atoms with E-state index in [1.165, 1.54) is 24.0 Å². The van der Waals surface area contributed by atoms with E-state index in [0.29, 0.717) is 28.8 Å². The van der Waals surface area contributed by atoms with Crippen molar-refractivity contribution in [1.29, 1.82) is 0 Å². The molecular weight excluding hydrogens is 326 g/mol. The number of hydrogen-bond acceptors (Lipinski definition) is 5. The van der Waals surface area contributed by atoms with E-state index >= 15 is 0 Å². The molecule has 1 saturated heterocycles. The van der Waals surface area contributed by atoms with Gasteiger partial charge in [0.1, 0.15) is 10.6 Å². The van der Waals surface area contributed by atoms with Crippen LogP contribution < -0.4 is 0 Å². The van der Waals surface area contributed by atoms with Crippen molar-refractivity contribution < 1.29 is 19.4 Å². The summed E-state index contributed by atoms with van der Waals surface area (Å²) in [7, 11) is 1.33. The molecule has 3 rings (SSSR count). The molecule has 1 fully saturated rings. The molecule has 0 spiro atoms. The van der Waals surface area contributed by atoms with Crippen LogP contribution in [-0.2, 0) is 4.74 Å². The minimum Gasteiger partial charge on any atom is -0.508 e. The molecule has 24 heavy (non-hydrogen) atoms. The maximum absolute atomic E-state index is 12.6. The molecule has 0 saturated carbocycles. The van der Waals surface area contributed by atoms with E-state index < -0.39 is 5.97 Å². The molecule has 0 bridgehead atoms. The number of benzene rings is 1. The number of carbonyl (C=O) groups is 2. The van der Waals surface area contributed by atoms with E-state index in [1.807, 2.05) is 17.0 Å². The fourth-order valence-electron chi connectivity index (χ4n) is 2.98. The summed E-state index contributed by atoms with van der Waals surface area (Å²) in [4.78, 5) is 26.9. The highest BCUT2D eigenvalue weighted by Gasteiger charge is 2.26. The summed E-state index contributed by atoms with van der Waals surface area (Å²) in [6.45, 7) is 1.38. The Bertz CT molecular complexity index is 730. The molecule has 0 radical (unpaired) electrons. The Kier molecular flexibility index (Phi) is 4.85. The number of likely N-dealkylation sites (tertiary alicyclic amines) is 1. The smallest absolute Gasteiger partial charge is 0.348 e. The number of piperidine rings is 1. The number of thiophene rings is 1. The van der Waals surface area contributed by atoms with Gasteiger partial charge in [0.25, 0.3) is 5.91 Å². The Labute approximate surface area is 144 Å². The van der Waals surface area contributed by atoms with Crippen molar-refractivity contribution in [3.8, 4) is 5.75 Å². The molecular formula is C18H19NO4S. The third-order valence-electron chi connectivity index (χ3n) is 4.35. The zero-order valence-electron chi connectivity index (χ0n) is 13.4. The molecule has 0 unspecified atom stereocenters. The normalized spacial score (nSPS) is 15.3. The monoisotopic (exact) mass is 345 g/mol. The highest BCUT2D eigenvalue weighted by Crippen LogP contribution is 2.30. The first kappa shape index (κ1) is 16.5. The van der Waals surface area contributed by atoms with Crippen LogP contribution >= 0.6 is 11.3 Å². The van der Waals surface area contributed by atoms with Crippen LogP contribution in [0.25, 0.3) is 0 Å². The summed E-state index contributed by atoms with van der Waals surface area (Å²) in [6, 6.07) is 10.6. The Hall–Kier alpha value is -2.34. The quantitative estimate of drug-likeness (QED) is 0.867. The summed E-state index contributed by atoms with van der Waals surface area (Å²) in [5, 5.41) is 9.37. The number of amides is 1. The number of phenols is 1. The first-order valence-corrected chi connectivity index (χ1v) is 8.66. The third kappa shape index (κ3) is 3.43. The Morgan fingerprint density at radius 1 is 1.08 bits per heavy atom. The van der Waals surface area contributed by atoms with Gasteiger partial charge in [-0.15, -0.1) is 11.3 Å². The minimum atomic E-state index is -0.412. The fraction of sp³-hybridized carbons (Fsp3) is 0.333. The number of ether oxygens (including phenoxy) is 1. The standard InChI is InChI=1S/C18H19NO4S/c1-23-18(22)16-7-6-15(24-16)17(21)19-10-8-13(9-11-19)12-2-4-14(20)5-3-12/h2-7,13,20H,8-11H2,1H3. The van der Waals surface area contributed by atoms with Crippen molar-refractivity contribution in [3.63, 3.8) is 0 Å². The largest absolute Gasteiger partial charge is 0.508 e. The number of methoxy groups -OCH3 is 1.